The summed E-state index contributed by atoms with van der Waals surface area (Å²) in [5.74, 6) is -0.119. The summed E-state index contributed by atoms with van der Waals surface area (Å²) in [4.78, 5) is 20.3. The van der Waals surface area contributed by atoms with Gasteiger partial charge >= 0.3 is 0 Å². The number of aryl methyl sites for hydroxylation is 1. The van der Waals surface area contributed by atoms with Crippen molar-refractivity contribution >= 4 is 46.2 Å². The molecule has 0 aromatic heterocycles. The Labute approximate surface area is 209 Å². The van der Waals surface area contributed by atoms with Crippen LogP contribution < -0.4 is 9.64 Å². The van der Waals surface area contributed by atoms with Crippen molar-refractivity contribution in [3.8, 4) is 5.75 Å². The molecular formula is C26H29ClN2O4S. The molecule has 6 nitrogen and oxygen atoms in total. The summed E-state index contributed by atoms with van der Waals surface area (Å²) >= 11 is 7.87. The number of halogens is 1. The zero-order valence-corrected chi connectivity index (χ0v) is 21.4. The Bertz CT molecular complexity index is 1130. The van der Waals surface area contributed by atoms with Gasteiger partial charge in [0.15, 0.2) is 11.0 Å². The molecule has 2 saturated heterocycles. The lowest BCUT2D eigenvalue weighted by molar-refractivity contribution is -0.141. The van der Waals surface area contributed by atoms with E-state index in [2.05, 4.69) is 11.9 Å². The van der Waals surface area contributed by atoms with Crippen LogP contribution in [0.1, 0.15) is 38.3 Å². The van der Waals surface area contributed by atoms with Crippen molar-refractivity contribution in [1.82, 2.24) is 0 Å². The number of carbonyl (C=O) groups excluding carboxylic acids is 1. The molecule has 180 valence electrons. The van der Waals surface area contributed by atoms with Crippen LogP contribution in [-0.4, -0.2) is 42.7 Å². The number of amides is 1. The summed E-state index contributed by atoms with van der Waals surface area (Å²) < 4.78 is 17.2. The van der Waals surface area contributed by atoms with Gasteiger partial charge in [0.25, 0.3) is 5.91 Å². The quantitative estimate of drug-likeness (QED) is 0.432. The van der Waals surface area contributed by atoms with Crippen molar-refractivity contribution in [2.75, 3.05) is 24.7 Å². The Kier molecular flexibility index (Phi) is 7.67. The standard InChI is InChI=1S/C26H29ClN2O4S/c1-5-12-28-25-29(21-9-7-6-8-17(21)2)24(30)23(34-25)14-18-10-11-22(20(27)13-18)31-15-19-16-32-26(3,4)33-19/h6-11,13-14,19H,5,12,15-16H2,1-4H3/b23-14-,28-25-/t19-/m1/s1. The molecule has 34 heavy (non-hydrogen) atoms. The van der Waals surface area contributed by atoms with E-state index in [1.54, 1.807) is 11.0 Å². The molecule has 0 saturated carbocycles. The zero-order chi connectivity index (χ0) is 24.3. The third kappa shape index (κ3) is 5.66. The third-order valence-electron chi connectivity index (χ3n) is 5.38. The monoisotopic (exact) mass is 500 g/mol. The average molecular weight is 501 g/mol. The van der Waals surface area contributed by atoms with Gasteiger partial charge in [0, 0.05) is 6.54 Å². The minimum absolute atomic E-state index is 0.0911. The van der Waals surface area contributed by atoms with Crippen molar-refractivity contribution in [2.45, 2.75) is 46.0 Å². The van der Waals surface area contributed by atoms with Gasteiger partial charge in [0.05, 0.1) is 22.2 Å². The second-order valence-corrected chi connectivity index (χ2v) is 10.1. The van der Waals surface area contributed by atoms with E-state index in [4.69, 9.17) is 25.8 Å². The second-order valence-electron chi connectivity index (χ2n) is 8.65. The van der Waals surface area contributed by atoms with Gasteiger partial charge in [0.2, 0.25) is 0 Å². The molecule has 0 bridgehead atoms. The van der Waals surface area contributed by atoms with Crippen LogP contribution in [0.15, 0.2) is 52.4 Å². The largest absolute Gasteiger partial charge is 0.489 e. The first-order chi connectivity index (χ1) is 16.3. The lowest BCUT2D eigenvalue weighted by Gasteiger charge is -2.18. The lowest BCUT2D eigenvalue weighted by atomic mass is 10.1. The van der Waals surface area contributed by atoms with Crippen LogP contribution in [0.3, 0.4) is 0 Å². The number of para-hydroxylation sites is 1. The topological polar surface area (TPSA) is 60.4 Å². The van der Waals surface area contributed by atoms with Gasteiger partial charge in [-0.2, -0.15) is 0 Å². The molecule has 2 aromatic carbocycles. The summed E-state index contributed by atoms with van der Waals surface area (Å²) in [7, 11) is 0. The summed E-state index contributed by atoms with van der Waals surface area (Å²) in [6, 6.07) is 13.3. The fourth-order valence-electron chi connectivity index (χ4n) is 3.72. The number of amidine groups is 1. The van der Waals surface area contributed by atoms with E-state index < -0.39 is 5.79 Å². The van der Waals surface area contributed by atoms with Crippen molar-refractivity contribution in [3.05, 3.63) is 63.5 Å². The van der Waals surface area contributed by atoms with Gasteiger partial charge in [-0.05, 0) is 74.4 Å². The van der Waals surface area contributed by atoms with Crippen molar-refractivity contribution in [3.63, 3.8) is 0 Å². The van der Waals surface area contributed by atoms with Crippen LogP contribution in [-0.2, 0) is 14.3 Å². The Morgan fingerprint density at radius 3 is 2.76 bits per heavy atom. The van der Waals surface area contributed by atoms with Crippen LogP contribution in [0.2, 0.25) is 5.02 Å². The van der Waals surface area contributed by atoms with Crippen molar-refractivity contribution in [2.24, 2.45) is 4.99 Å². The Morgan fingerprint density at radius 2 is 2.09 bits per heavy atom. The highest BCUT2D eigenvalue weighted by molar-refractivity contribution is 8.19. The fraction of sp³-hybridized carbons (Fsp3) is 0.385. The smallest absolute Gasteiger partial charge is 0.271 e. The number of ether oxygens (including phenoxy) is 3. The molecule has 2 aromatic rings. The van der Waals surface area contributed by atoms with E-state index in [9.17, 15) is 4.79 Å². The average Bonchev–Trinajstić information content (AvgIpc) is 3.30. The number of benzene rings is 2. The van der Waals surface area contributed by atoms with E-state index >= 15 is 0 Å². The number of anilines is 1. The molecule has 0 aliphatic carbocycles. The first kappa shape index (κ1) is 24.8. The first-order valence-electron chi connectivity index (χ1n) is 11.4. The van der Waals surface area contributed by atoms with Crippen LogP contribution >= 0.6 is 23.4 Å². The minimum atomic E-state index is -0.592. The highest BCUT2D eigenvalue weighted by Crippen LogP contribution is 2.38. The zero-order valence-electron chi connectivity index (χ0n) is 19.8. The maximum atomic E-state index is 13.4. The van der Waals surface area contributed by atoms with Gasteiger partial charge in [0.1, 0.15) is 18.5 Å². The highest BCUT2D eigenvalue weighted by atomic mass is 35.5. The molecule has 2 aliphatic heterocycles. The number of rotatable bonds is 7. The van der Waals surface area contributed by atoms with Crippen LogP contribution in [0.4, 0.5) is 5.69 Å². The minimum Gasteiger partial charge on any atom is -0.489 e. The molecular weight excluding hydrogens is 472 g/mol. The third-order valence-corrected chi connectivity index (χ3v) is 6.68. The van der Waals surface area contributed by atoms with E-state index in [1.165, 1.54) is 11.8 Å². The maximum absolute atomic E-state index is 13.4. The molecule has 0 unspecified atom stereocenters. The van der Waals surface area contributed by atoms with Crippen LogP contribution in [0.25, 0.3) is 6.08 Å². The molecule has 2 fully saturated rings. The SMILES string of the molecule is CCC/N=C1\S/C(=C\c2ccc(OC[C@@H]3COC(C)(C)O3)c(Cl)c2)C(=O)N1c1ccccc1C. The number of nitrogens with zero attached hydrogens (tertiary/aromatic N) is 2. The van der Waals surface area contributed by atoms with Gasteiger partial charge in [-0.1, -0.05) is 42.8 Å². The highest BCUT2D eigenvalue weighted by Gasteiger charge is 2.35. The van der Waals surface area contributed by atoms with E-state index in [0.29, 0.717) is 40.6 Å². The number of hydrogen-bond donors (Lipinski definition) is 0. The van der Waals surface area contributed by atoms with E-state index in [0.717, 1.165) is 23.2 Å². The van der Waals surface area contributed by atoms with E-state index in [-0.39, 0.29) is 12.0 Å². The maximum Gasteiger partial charge on any atom is 0.271 e. The molecule has 4 rings (SSSR count). The normalized spacial score (nSPS) is 22.2. The van der Waals surface area contributed by atoms with Crippen molar-refractivity contribution in [1.29, 1.82) is 0 Å². The number of hydrogen-bond acceptors (Lipinski definition) is 6. The molecule has 1 atom stereocenters. The Morgan fingerprint density at radius 1 is 1.29 bits per heavy atom. The summed E-state index contributed by atoms with van der Waals surface area (Å²) in [6.07, 6.45) is 2.61. The Hall–Kier alpha value is -2.32. The molecule has 0 spiro atoms. The van der Waals surface area contributed by atoms with Gasteiger partial charge in [-0.25, -0.2) is 0 Å². The van der Waals surface area contributed by atoms with Crippen molar-refractivity contribution < 1.29 is 19.0 Å². The molecule has 8 heteroatoms. The van der Waals surface area contributed by atoms with Gasteiger partial charge in [-0.15, -0.1) is 0 Å². The fourth-order valence-corrected chi connectivity index (χ4v) is 4.96. The van der Waals surface area contributed by atoms with E-state index in [1.807, 2.05) is 63.2 Å². The predicted molar refractivity (Wildman–Crippen MR) is 139 cm³/mol. The van der Waals surface area contributed by atoms with Gasteiger partial charge in [-0.3, -0.25) is 14.7 Å². The summed E-state index contributed by atoms with van der Waals surface area (Å²) in [5, 5.41) is 1.17. The predicted octanol–water partition coefficient (Wildman–Crippen LogP) is 6.07. The number of carbonyl (C=O) groups is 1. The molecule has 2 heterocycles. The summed E-state index contributed by atoms with van der Waals surface area (Å²) in [6.45, 7) is 9.31. The molecule has 1 amide bonds. The summed E-state index contributed by atoms with van der Waals surface area (Å²) in [5.41, 5.74) is 2.68. The molecule has 2 aliphatic rings. The molecule has 0 radical (unpaired) electrons. The lowest BCUT2D eigenvalue weighted by Crippen LogP contribution is -2.29. The Balaban J connectivity index is 1.52. The van der Waals surface area contributed by atoms with Crippen LogP contribution in [0, 0.1) is 6.92 Å². The first-order valence-corrected chi connectivity index (χ1v) is 12.5. The van der Waals surface area contributed by atoms with Crippen LogP contribution in [0.5, 0.6) is 5.75 Å². The number of thioether (sulfide) groups is 1. The second kappa shape index (κ2) is 10.5. The number of aliphatic imine (C=N–C) groups is 1. The van der Waals surface area contributed by atoms with Gasteiger partial charge < -0.3 is 14.2 Å². The molecule has 0 N–H and O–H groups in total.